The first-order chi connectivity index (χ1) is 14.7. The zero-order chi connectivity index (χ0) is 20.5. The molecule has 0 fully saturated rings. The quantitative estimate of drug-likeness (QED) is 0.199. The molecule has 0 saturated carbocycles. The minimum Gasteiger partial charge on any atom is -0.383 e. The molecule has 7 nitrogen and oxygen atoms in total. The van der Waals surface area contributed by atoms with Crippen molar-refractivity contribution in [1.82, 2.24) is 25.3 Å². The summed E-state index contributed by atoms with van der Waals surface area (Å²) in [6.07, 6.45) is 3.55. The van der Waals surface area contributed by atoms with Gasteiger partial charge in [0, 0.05) is 42.5 Å². The Bertz CT molecular complexity index is 1420. The highest BCUT2D eigenvalue weighted by molar-refractivity contribution is 7.80. The molecule has 2 aromatic carbocycles. The molecule has 0 saturated heterocycles. The fourth-order valence-corrected chi connectivity index (χ4v) is 3.74. The van der Waals surface area contributed by atoms with Gasteiger partial charge in [-0.1, -0.05) is 0 Å². The fourth-order valence-electron chi connectivity index (χ4n) is 3.52. The molecule has 148 valence electrons. The molecular formula is C22H18N6OS. The summed E-state index contributed by atoms with van der Waals surface area (Å²) >= 11 is 5.34. The van der Waals surface area contributed by atoms with E-state index in [1.165, 1.54) is 0 Å². The van der Waals surface area contributed by atoms with E-state index in [0.717, 1.165) is 49.6 Å². The average Bonchev–Trinajstić information content (AvgIpc) is 2.78. The van der Waals surface area contributed by atoms with E-state index in [0.29, 0.717) is 18.3 Å². The maximum Gasteiger partial charge on any atom is 0.170 e. The van der Waals surface area contributed by atoms with Gasteiger partial charge in [0.25, 0.3) is 0 Å². The average molecular weight is 414 g/mol. The fraction of sp³-hybridized carbons (Fsp3) is 0.136. The van der Waals surface area contributed by atoms with Crippen LogP contribution in [0, 0.1) is 0 Å². The standard InChI is InChI=1S/C22H18N6OS/c1-29-11-10-25-22(30)26-13-6-7-16-17(12-13)28-21-15-5-3-9-24-19(15)18-14(20(21)27-16)4-2-8-23-18/h2-9,12H,10-11H2,1H3,(H2,25,26,30). The first-order valence-corrected chi connectivity index (χ1v) is 9.92. The number of ether oxygens (including phenoxy) is 1. The molecule has 3 heterocycles. The van der Waals surface area contributed by atoms with E-state index in [1.807, 2.05) is 42.5 Å². The number of fused-ring (bicyclic) bond motifs is 7. The third-order valence-corrected chi connectivity index (χ3v) is 5.11. The first-order valence-electron chi connectivity index (χ1n) is 9.51. The Kier molecular flexibility index (Phi) is 4.78. The predicted molar refractivity (Wildman–Crippen MR) is 124 cm³/mol. The molecule has 0 spiro atoms. The molecule has 8 heteroatoms. The van der Waals surface area contributed by atoms with E-state index in [-0.39, 0.29) is 0 Å². The lowest BCUT2D eigenvalue weighted by Gasteiger charge is -2.11. The van der Waals surface area contributed by atoms with Gasteiger partial charge in [0.1, 0.15) is 0 Å². The summed E-state index contributed by atoms with van der Waals surface area (Å²) < 4.78 is 5.03. The maximum absolute atomic E-state index is 5.34. The van der Waals surface area contributed by atoms with Crippen LogP contribution in [-0.4, -0.2) is 45.3 Å². The van der Waals surface area contributed by atoms with Crippen LogP contribution < -0.4 is 10.6 Å². The lowest BCUT2D eigenvalue weighted by molar-refractivity contribution is 0.204. The van der Waals surface area contributed by atoms with Crippen molar-refractivity contribution in [2.24, 2.45) is 0 Å². The zero-order valence-electron chi connectivity index (χ0n) is 16.2. The number of methoxy groups -OCH3 is 1. The second-order valence-corrected chi connectivity index (χ2v) is 7.21. The number of hydrogen-bond donors (Lipinski definition) is 2. The predicted octanol–water partition coefficient (Wildman–Crippen LogP) is 3.81. The summed E-state index contributed by atoms with van der Waals surface area (Å²) in [5.41, 5.74) is 5.72. The van der Waals surface area contributed by atoms with E-state index in [9.17, 15) is 0 Å². The molecule has 2 N–H and O–H groups in total. The molecule has 0 aliphatic heterocycles. The molecule has 5 rings (SSSR count). The van der Waals surface area contributed by atoms with Crippen LogP contribution in [0.25, 0.3) is 43.9 Å². The summed E-state index contributed by atoms with van der Waals surface area (Å²) in [4.78, 5) is 19.0. The number of pyridine rings is 2. The van der Waals surface area contributed by atoms with Gasteiger partial charge < -0.3 is 15.4 Å². The molecule has 0 amide bonds. The number of thiocarbonyl (C=S) groups is 1. The SMILES string of the molecule is COCCNC(=S)Nc1ccc2nc3c4cccnc4c4ncccc4c3nc2c1. The molecule has 0 radical (unpaired) electrons. The monoisotopic (exact) mass is 414 g/mol. The van der Waals surface area contributed by atoms with Crippen molar-refractivity contribution < 1.29 is 4.74 Å². The van der Waals surface area contributed by atoms with E-state index >= 15 is 0 Å². The summed E-state index contributed by atoms with van der Waals surface area (Å²) in [5.74, 6) is 0. The van der Waals surface area contributed by atoms with Crippen molar-refractivity contribution >= 4 is 66.9 Å². The molecular weight excluding hydrogens is 396 g/mol. The third kappa shape index (κ3) is 3.26. The minimum atomic E-state index is 0.534. The van der Waals surface area contributed by atoms with Gasteiger partial charge >= 0.3 is 0 Å². The van der Waals surface area contributed by atoms with Crippen LogP contribution in [0.3, 0.4) is 0 Å². The van der Waals surface area contributed by atoms with Gasteiger partial charge in [0.05, 0.1) is 39.7 Å². The van der Waals surface area contributed by atoms with E-state index in [2.05, 4.69) is 20.6 Å². The molecule has 30 heavy (non-hydrogen) atoms. The molecule has 0 bridgehead atoms. The highest BCUT2D eigenvalue weighted by atomic mass is 32.1. The van der Waals surface area contributed by atoms with Gasteiger partial charge in [-0.3, -0.25) is 9.97 Å². The zero-order valence-corrected chi connectivity index (χ0v) is 17.0. The van der Waals surface area contributed by atoms with Gasteiger partial charge in [-0.2, -0.15) is 0 Å². The highest BCUT2D eigenvalue weighted by Crippen LogP contribution is 2.32. The maximum atomic E-state index is 5.34. The largest absolute Gasteiger partial charge is 0.383 e. The van der Waals surface area contributed by atoms with Gasteiger partial charge in [0.15, 0.2) is 5.11 Å². The molecule has 0 atom stereocenters. The number of aromatic nitrogens is 4. The van der Waals surface area contributed by atoms with Crippen molar-refractivity contribution in [2.45, 2.75) is 0 Å². The second kappa shape index (κ2) is 7.74. The van der Waals surface area contributed by atoms with Crippen LogP contribution in [0.15, 0.2) is 54.9 Å². The summed E-state index contributed by atoms with van der Waals surface area (Å²) in [7, 11) is 1.66. The van der Waals surface area contributed by atoms with E-state index in [1.54, 1.807) is 19.5 Å². The van der Waals surface area contributed by atoms with Crippen molar-refractivity contribution in [3.05, 3.63) is 54.9 Å². The summed E-state index contributed by atoms with van der Waals surface area (Å²) in [6.45, 7) is 1.22. The lowest BCUT2D eigenvalue weighted by Crippen LogP contribution is -2.31. The number of benzene rings is 2. The number of rotatable bonds is 4. The highest BCUT2D eigenvalue weighted by Gasteiger charge is 2.13. The smallest absolute Gasteiger partial charge is 0.170 e. The normalized spacial score (nSPS) is 11.4. The Balaban J connectivity index is 1.65. The van der Waals surface area contributed by atoms with Gasteiger partial charge in [-0.15, -0.1) is 0 Å². The molecule has 0 aliphatic rings. The second-order valence-electron chi connectivity index (χ2n) is 6.80. The topological polar surface area (TPSA) is 84.9 Å². The number of anilines is 1. The van der Waals surface area contributed by atoms with Crippen LogP contribution in [0.4, 0.5) is 5.69 Å². The van der Waals surface area contributed by atoms with Gasteiger partial charge in [0.2, 0.25) is 0 Å². The van der Waals surface area contributed by atoms with Crippen LogP contribution in [0.5, 0.6) is 0 Å². The van der Waals surface area contributed by atoms with Gasteiger partial charge in [-0.05, 0) is 54.7 Å². The van der Waals surface area contributed by atoms with Crippen molar-refractivity contribution in [1.29, 1.82) is 0 Å². The Morgan fingerprint density at radius 1 is 0.900 bits per heavy atom. The molecule has 5 aromatic rings. The van der Waals surface area contributed by atoms with Crippen molar-refractivity contribution in [3.63, 3.8) is 0 Å². The summed E-state index contributed by atoms with van der Waals surface area (Å²) in [5, 5.41) is 8.69. The number of nitrogens with zero attached hydrogens (tertiary/aromatic N) is 4. The van der Waals surface area contributed by atoms with Crippen molar-refractivity contribution in [2.75, 3.05) is 25.6 Å². The van der Waals surface area contributed by atoms with Crippen LogP contribution in [0.1, 0.15) is 0 Å². The van der Waals surface area contributed by atoms with Crippen molar-refractivity contribution in [3.8, 4) is 0 Å². The summed E-state index contributed by atoms with van der Waals surface area (Å²) in [6, 6.07) is 13.7. The Morgan fingerprint density at radius 2 is 1.57 bits per heavy atom. The Morgan fingerprint density at radius 3 is 2.23 bits per heavy atom. The number of nitrogens with one attached hydrogen (secondary N) is 2. The van der Waals surface area contributed by atoms with E-state index in [4.69, 9.17) is 26.9 Å². The minimum absolute atomic E-state index is 0.534. The van der Waals surface area contributed by atoms with Crippen LogP contribution in [0.2, 0.25) is 0 Å². The van der Waals surface area contributed by atoms with E-state index < -0.39 is 0 Å². The molecule has 0 aliphatic carbocycles. The van der Waals surface area contributed by atoms with Crippen LogP contribution >= 0.6 is 12.2 Å². The Labute approximate surface area is 177 Å². The number of hydrogen-bond acceptors (Lipinski definition) is 6. The third-order valence-electron chi connectivity index (χ3n) is 4.86. The van der Waals surface area contributed by atoms with Gasteiger partial charge in [-0.25, -0.2) is 9.97 Å². The molecule has 3 aromatic heterocycles. The van der Waals surface area contributed by atoms with Crippen LogP contribution in [-0.2, 0) is 4.74 Å². The lowest BCUT2D eigenvalue weighted by atomic mass is 10.1. The first kappa shape index (κ1) is 18.5. The molecule has 0 unspecified atom stereocenters. The Hall–Kier alpha value is -3.49.